The first-order valence-electron chi connectivity index (χ1n) is 23.7. The first-order valence-corrected chi connectivity index (χ1v) is 23.7. The highest BCUT2D eigenvalue weighted by Crippen LogP contribution is 2.02. The fourth-order valence-electron chi connectivity index (χ4n) is 5.90. The van der Waals surface area contributed by atoms with Crippen molar-refractivity contribution in [1.29, 1.82) is 0 Å². The Hall–Kier alpha value is -8.23. The molecule has 0 aromatic carbocycles. The quantitative estimate of drug-likeness (QED) is 0.0280. The average Bonchev–Trinajstić information content (AvgIpc) is 3.36. The van der Waals surface area contributed by atoms with Crippen molar-refractivity contribution in [3.63, 3.8) is 0 Å². The lowest BCUT2D eigenvalue weighted by Gasteiger charge is -2.26. The number of rotatable bonds is 35. The van der Waals surface area contributed by atoms with Gasteiger partial charge in [0.1, 0.15) is 42.8 Å². The number of nitrogens with two attached hydrogens (primary N) is 1. The summed E-state index contributed by atoms with van der Waals surface area (Å²) in [5, 5.41) is 98.6. The van der Waals surface area contributed by atoms with Crippen LogP contribution in [0.15, 0.2) is 0 Å². The molecule has 14 amide bonds. The first kappa shape index (κ1) is 70.8. The third-order valence-corrected chi connectivity index (χ3v) is 10.1. The molecule has 446 valence electrons. The van der Waals surface area contributed by atoms with Gasteiger partial charge in [-0.05, 0) is 41.5 Å². The van der Waals surface area contributed by atoms with E-state index in [9.17, 15) is 103 Å². The largest absolute Gasteiger partial charge is 0.480 e. The van der Waals surface area contributed by atoms with Gasteiger partial charge in [0.2, 0.25) is 82.7 Å². The predicted molar refractivity (Wildman–Crippen MR) is 262 cm³/mol. The third kappa shape index (κ3) is 28.6. The number of aliphatic hydroxyl groups is 6. The molecule has 0 unspecified atom stereocenters. The molecule has 0 aliphatic carbocycles. The zero-order chi connectivity index (χ0) is 60.9. The molecule has 0 bridgehead atoms. The molecular weight excluding hydrogens is 1070 g/mol. The van der Waals surface area contributed by atoms with Crippen molar-refractivity contribution in [3.05, 3.63) is 0 Å². The van der Waals surface area contributed by atoms with Crippen molar-refractivity contribution in [2.75, 3.05) is 58.9 Å². The van der Waals surface area contributed by atoms with E-state index in [1.165, 1.54) is 0 Å². The van der Waals surface area contributed by atoms with Crippen LogP contribution < -0.4 is 80.2 Å². The van der Waals surface area contributed by atoms with Crippen LogP contribution in [0.4, 0.5) is 0 Å². The van der Waals surface area contributed by atoms with Gasteiger partial charge in [-0.3, -0.25) is 71.9 Å². The Morgan fingerprint density at radius 1 is 0.278 bits per heavy atom. The fourth-order valence-corrected chi connectivity index (χ4v) is 5.90. The first-order chi connectivity index (χ1) is 36.7. The number of carboxylic acid groups (broad SMARTS) is 1. The van der Waals surface area contributed by atoms with Crippen LogP contribution in [-0.2, 0) is 71.9 Å². The third-order valence-electron chi connectivity index (χ3n) is 10.1. The number of aliphatic hydroxyl groups excluding tert-OH is 6. The minimum atomic E-state index is -1.79. The molecule has 0 aromatic heterocycles. The number of aliphatic carboxylic acids is 1. The summed E-state index contributed by atoms with van der Waals surface area (Å²) in [6.45, 7) is -0.416. The van der Waals surface area contributed by atoms with Crippen LogP contribution in [0.2, 0.25) is 0 Å². The average molecular weight is 1140 g/mol. The van der Waals surface area contributed by atoms with Crippen molar-refractivity contribution >= 4 is 88.7 Å². The van der Waals surface area contributed by atoms with Crippen molar-refractivity contribution < 1.29 is 108 Å². The van der Waals surface area contributed by atoms with Crippen LogP contribution in [0.3, 0.4) is 0 Å². The standard InChI is InChI=1S/C42H71N15O22/c1-16(58)31(37(74)48-8-23(65)46-13-28(70)55-36(21(6)63)42(79)57-34(19(4)61)40(77)50-10-25(67)47-15-30(72)73)53-29(71)14-51-38(75)32(17(2)59)52-27(69)12-45-24(66)9-49-39(76)33(18(3)60)56-41(78)35(20(5)62)54-26(68)11-44-22(64)7-43/h16-21,31-36,58-63H,7-15,43H2,1-6H3,(H,44,64)(H,45,66)(H,46,65)(H,47,67)(H,48,74)(H,49,76)(H,50,77)(H,51,75)(H,52,69)(H,53,71)(H,54,68)(H,55,70)(H,56,78)(H,57,79)(H,72,73)/t16-,17-,18-,19-,20-,21-,31+,32+,33+,34+,35+,36+/m1/s1. The van der Waals surface area contributed by atoms with E-state index in [1.54, 1.807) is 0 Å². The molecule has 0 aliphatic heterocycles. The highest BCUT2D eigenvalue weighted by atomic mass is 16.4. The van der Waals surface area contributed by atoms with Crippen LogP contribution >= 0.6 is 0 Å². The minimum absolute atomic E-state index is 0.435. The van der Waals surface area contributed by atoms with Gasteiger partial charge in [0.25, 0.3) is 0 Å². The fraction of sp³-hybridized carbons (Fsp3) is 0.643. The highest BCUT2D eigenvalue weighted by molar-refractivity contribution is 5.98. The summed E-state index contributed by atoms with van der Waals surface area (Å²) in [6, 6.07) is -10.5. The van der Waals surface area contributed by atoms with E-state index < -0.39 is 220 Å². The van der Waals surface area contributed by atoms with Crippen molar-refractivity contribution in [1.82, 2.24) is 74.4 Å². The van der Waals surface area contributed by atoms with Crippen LogP contribution in [0.5, 0.6) is 0 Å². The molecule has 0 fully saturated rings. The van der Waals surface area contributed by atoms with Gasteiger partial charge in [-0.25, -0.2) is 0 Å². The minimum Gasteiger partial charge on any atom is -0.480 e. The Labute approximate surface area is 449 Å². The lowest BCUT2D eigenvalue weighted by atomic mass is 10.1. The van der Waals surface area contributed by atoms with Gasteiger partial charge in [-0.1, -0.05) is 0 Å². The Bertz CT molecular complexity index is 2190. The van der Waals surface area contributed by atoms with Crippen LogP contribution in [0.1, 0.15) is 41.5 Å². The number of hydrogen-bond acceptors (Lipinski definition) is 22. The zero-order valence-corrected chi connectivity index (χ0v) is 43.6. The lowest BCUT2D eigenvalue weighted by molar-refractivity contribution is -0.138. The van der Waals surface area contributed by atoms with E-state index in [4.69, 9.17) is 10.8 Å². The number of hydrogen-bond donors (Lipinski definition) is 22. The maximum Gasteiger partial charge on any atom is 0.322 e. The second-order valence-corrected chi connectivity index (χ2v) is 17.2. The molecular formula is C42H71N15O22. The van der Waals surface area contributed by atoms with Crippen molar-refractivity contribution in [2.45, 2.75) is 114 Å². The van der Waals surface area contributed by atoms with Gasteiger partial charge >= 0.3 is 5.97 Å². The zero-order valence-electron chi connectivity index (χ0n) is 43.6. The highest BCUT2D eigenvalue weighted by Gasteiger charge is 2.35. The van der Waals surface area contributed by atoms with E-state index in [2.05, 4.69) is 69.1 Å². The molecule has 79 heavy (non-hydrogen) atoms. The number of carbonyl (C=O) groups is 15. The van der Waals surface area contributed by atoms with Gasteiger partial charge < -0.3 is 116 Å². The molecule has 0 spiro atoms. The van der Waals surface area contributed by atoms with Crippen LogP contribution in [0.25, 0.3) is 0 Å². The van der Waals surface area contributed by atoms with Gasteiger partial charge in [-0.2, -0.15) is 0 Å². The Kier molecular flexibility index (Phi) is 32.2. The van der Waals surface area contributed by atoms with Crippen LogP contribution in [-0.4, -0.2) is 256 Å². The summed E-state index contributed by atoms with van der Waals surface area (Å²) in [7, 11) is 0. The predicted octanol–water partition coefficient (Wildman–Crippen LogP) is -14.8. The Morgan fingerprint density at radius 2 is 0.468 bits per heavy atom. The number of carbonyl (C=O) groups excluding carboxylic acids is 14. The summed E-state index contributed by atoms with van der Waals surface area (Å²) in [6.07, 6.45) is -9.63. The van der Waals surface area contributed by atoms with Crippen molar-refractivity contribution in [3.8, 4) is 0 Å². The van der Waals surface area contributed by atoms with Gasteiger partial charge in [0, 0.05) is 0 Å². The van der Waals surface area contributed by atoms with Crippen LogP contribution in [0, 0.1) is 0 Å². The molecule has 37 nitrogen and oxygen atoms in total. The summed E-state index contributed by atoms with van der Waals surface area (Å²) in [4.78, 5) is 185. The summed E-state index contributed by atoms with van der Waals surface area (Å²) >= 11 is 0. The monoisotopic (exact) mass is 1140 g/mol. The molecule has 0 saturated heterocycles. The van der Waals surface area contributed by atoms with E-state index in [0.29, 0.717) is 0 Å². The summed E-state index contributed by atoms with van der Waals surface area (Å²) in [5.41, 5.74) is 5.14. The molecule has 37 heteroatoms. The van der Waals surface area contributed by atoms with Gasteiger partial charge in [-0.15, -0.1) is 0 Å². The molecule has 0 heterocycles. The smallest absolute Gasteiger partial charge is 0.322 e. The van der Waals surface area contributed by atoms with Crippen molar-refractivity contribution in [2.24, 2.45) is 5.73 Å². The topological polar surface area (TPSA) is 592 Å². The molecule has 0 aromatic rings. The summed E-state index contributed by atoms with van der Waals surface area (Å²) in [5.74, 6) is -16.1. The maximum absolute atomic E-state index is 12.9. The lowest BCUT2D eigenvalue weighted by Crippen LogP contribution is -2.60. The molecule has 0 aliphatic rings. The van der Waals surface area contributed by atoms with E-state index in [1.807, 2.05) is 5.32 Å². The number of amides is 14. The second kappa shape index (κ2) is 36.0. The van der Waals surface area contributed by atoms with E-state index in [-0.39, 0.29) is 0 Å². The SMILES string of the molecule is C[C@@H](O)[C@H](NC(=O)CNC(=O)CNC(=O)[C@@H](NC(=O)[C@@H](NC(=O)CNC(=O)CN)[C@@H](C)O)[C@@H](C)O)C(=O)NCC(=O)N[C@H](C(=O)NCC(=O)NCC(=O)N[C@H](C(=O)N[C@H](C(=O)NCC(=O)NCC(=O)O)[C@@H](C)O)[C@@H](C)O)[C@@H](C)O. The number of carboxylic acids is 1. The normalized spacial score (nSPS) is 15.3. The summed E-state index contributed by atoms with van der Waals surface area (Å²) < 4.78 is 0. The molecule has 0 radical (unpaired) electrons. The van der Waals surface area contributed by atoms with E-state index >= 15 is 0 Å². The maximum atomic E-state index is 12.9. The second-order valence-electron chi connectivity index (χ2n) is 17.2. The molecule has 12 atom stereocenters. The van der Waals surface area contributed by atoms with Gasteiger partial charge in [0.15, 0.2) is 0 Å². The Balaban J connectivity index is 5.19. The molecule has 0 rings (SSSR count). The Morgan fingerprint density at radius 3 is 0.696 bits per heavy atom. The molecule has 0 saturated carbocycles. The van der Waals surface area contributed by atoms with E-state index in [0.717, 1.165) is 41.5 Å². The number of nitrogens with one attached hydrogen (secondary N) is 14. The molecule has 23 N–H and O–H groups in total. The van der Waals surface area contributed by atoms with Gasteiger partial charge in [0.05, 0.1) is 89.0 Å².